The van der Waals surface area contributed by atoms with Gasteiger partial charge in [0.25, 0.3) is 5.91 Å². The van der Waals surface area contributed by atoms with E-state index in [0.29, 0.717) is 5.69 Å². The van der Waals surface area contributed by atoms with Gasteiger partial charge in [-0.2, -0.15) is 5.10 Å². The molecule has 5 nitrogen and oxygen atoms in total. The quantitative estimate of drug-likeness (QED) is 0.853. The Morgan fingerprint density at radius 3 is 2.78 bits per heavy atom. The van der Waals surface area contributed by atoms with Crippen LogP contribution in [0.4, 0.5) is 0 Å². The minimum atomic E-state index is -0.202. The van der Waals surface area contributed by atoms with Crippen LogP contribution < -0.4 is 11.1 Å². The molecule has 3 N–H and O–H groups in total. The van der Waals surface area contributed by atoms with Gasteiger partial charge in [0.05, 0.1) is 5.69 Å². The molecule has 1 aromatic carbocycles. The number of amides is 1. The van der Waals surface area contributed by atoms with Gasteiger partial charge in [-0.25, -0.2) is 4.68 Å². The Kier molecular flexibility index (Phi) is 3.43. The van der Waals surface area contributed by atoms with E-state index in [0.717, 1.165) is 11.3 Å². The minimum absolute atomic E-state index is 0.0890. The maximum absolute atomic E-state index is 11.5. The van der Waals surface area contributed by atoms with E-state index in [1.807, 2.05) is 31.2 Å². The van der Waals surface area contributed by atoms with E-state index in [1.165, 1.54) is 0 Å². The average Bonchev–Trinajstić information content (AvgIpc) is 2.87. The van der Waals surface area contributed by atoms with Crippen LogP contribution in [0.3, 0.4) is 0 Å². The van der Waals surface area contributed by atoms with E-state index >= 15 is 0 Å². The molecule has 1 heterocycles. The second-order valence-electron chi connectivity index (χ2n) is 4.07. The standard InChI is InChI=1S/C13H16N4O/c1-9(14)10-5-3-4-6-12(10)17-8-7-11(16-17)13(18)15-2/h3-9H,14H2,1-2H3,(H,15,18)/t9-/m0/s1. The van der Waals surface area contributed by atoms with Crippen molar-refractivity contribution in [2.75, 3.05) is 7.05 Å². The van der Waals surface area contributed by atoms with Crippen LogP contribution in [0.2, 0.25) is 0 Å². The van der Waals surface area contributed by atoms with Crippen molar-refractivity contribution in [2.24, 2.45) is 5.73 Å². The number of carbonyl (C=O) groups excluding carboxylic acids is 1. The number of nitrogens with zero attached hydrogens (tertiary/aromatic N) is 2. The van der Waals surface area contributed by atoms with Crippen molar-refractivity contribution in [3.63, 3.8) is 0 Å². The van der Waals surface area contributed by atoms with Crippen LogP contribution in [0.1, 0.15) is 29.0 Å². The molecule has 2 rings (SSSR count). The predicted octanol–water partition coefficient (Wildman–Crippen LogP) is 1.25. The number of nitrogens with two attached hydrogens (primary N) is 1. The van der Waals surface area contributed by atoms with Crippen molar-refractivity contribution in [2.45, 2.75) is 13.0 Å². The van der Waals surface area contributed by atoms with Crippen molar-refractivity contribution in [1.82, 2.24) is 15.1 Å². The van der Waals surface area contributed by atoms with Gasteiger partial charge in [0.15, 0.2) is 5.69 Å². The van der Waals surface area contributed by atoms with Crippen molar-refractivity contribution in [3.8, 4) is 5.69 Å². The fourth-order valence-corrected chi connectivity index (χ4v) is 1.79. The summed E-state index contributed by atoms with van der Waals surface area (Å²) in [5.74, 6) is -0.202. The molecule has 0 aliphatic heterocycles. The smallest absolute Gasteiger partial charge is 0.271 e. The summed E-state index contributed by atoms with van der Waals surface area (Å²) in [4.78, 5) is 11.5. The summed E-state index contributed by atoms with van der Waals surface area (Å²) >= 11 is 0. The largest absolute Gasteiger partial charge is 0.354 e. The molecule has 0 aliphatic rings. The highest BCUT2D eigenvalue weighted by Gasteiger charge is 2.11. The van der Waals surface area contributed by atoms with Gasteiger partial charge in [-0.05, 0) is 24.6 Å². The molecular formula is C13H16N4O. The van der Waals surface area contributed by atoms with Crippen LogP contribution in [0.25, 0.3) is 5.69 Å². The van der Waals surface area contributed by atoms with Gasteiger partial charge >= 0.3 is 0 Å². The molecule has 0 bridgehead atoms. The second-order valence-corrected chi connectivity index (χ2v) is 4.07. The topological polar surface area (TPSA) is 72.9 Å². The van der Waals surface area contributed by atoms with Gasteiger partial charge in [-0.3, -0.25) is 4.79 Å². The van der Waals surface area contributed by atoms with E-state index in [9.17, 15) is 4.79 Å². The molecule has 0 radical (unpaired) electrons. The Bertz CT molecular complexity index is 560. The summed E-state index contributed by atoms with van der Waals surface area (Å²) in [5, 5.41) is 6.79. The van der Waals surface area contributed by atoms with E-state index in [4.69, 9.17) is 5.73 Å². The van der Waals surface area contributed by atoms with Crippen LogP contribution in [0.5, 0.6) is 0 Å². The van der Waals surface area contributed by atoms with Crippen LogP contribution in [0.15, 0.2) is 36.5 Å². The maximum atomic E-state index is 11.5. The third-order valence-corrected chi connectivity index (χ3v) is 2.72. The molecule has 1 aromatic heterocycles. The summed E-state index contributed by atoms with van der Waals surface area (Å²) in [6.45, 7) is 1.92. The highest BCUT2D eigenvalue weighted by Crippen LogP contribution is 2.19. The second kappa shape index (κ2) is 5.01. The Hall–Kier alpha value is -2.14. The monoisotopic (exact) mass is 244 g/mol. The molecule has 0 spiro atoms. The van der Waals surface area contributed by atoms with E-state index in [-0.39, 0.29) is 11.9 Å². The average molecular weight is 244 g/mol. The first-order valence-electron chi connectivity index (χ1n) is 5.76. The zero-order chi connectivity index (χ0) is 13.1. The lowest BCUT2D eigenvalue weighted by Crippen LogP contribution is -2.18. The minimum Gasteiger partial charge on any atom is -0.354 e. The molecule has 2 aromatic rings. The van der Waals surface area contributed by atoms with Gasteiger partial charge in [0, 0.05) is 19.3 Å². The summed E-state index contributed by atoms with van der Waals surface area (Å²) in [7, 11) is 1.58. The molecule has 0 fully saturated rings. The predicted molar refractivity (Wildman–Crippen MR) is 69.6 cm³/mol. The van der Waals surface area contributed by atoms with Gasteiger partial charge in [-0.15, -0.1) is 0 Å². The fourth-order valence-electron chi connectivity index (χ4n) is 1.79. The van der Waals surface area contributed by atoms with Crippen LogP contribution in [-0.2, 0) is 0 Å². The molecule has 94 valence electrons. The first kappa shape index (κ1) is 12.3. The normalized spacial score (nSPS) is 12.2. The molecule has 18 heavy (non-hydrogen) atoms. The summed E-state index contributed by atoms with van der Waals surface area (Å²) < 4.78 is 1.67. The number of benzene rings is 1. The van der Waals surface area contributed by atoms with Gasteiger partial charge < -0.3 is 11.1 Å². The number of rotatable bonds is 3. The fraction of sp³-hybridized carbons (Fsp3) is 0.231. The van der Waals surface area contributed by atoms with Gasteiger partial charge in [0.2, 0.25) is 0 Å². The van der Waals surface area contributed by atoms with E-state index in [2.05, 4.69) is 10.4 Å². The number of nitrogens with one attached hydrogen (secondary N) is 1. The molecular weight excluding hydrogens is 228 g/mol. The number of hydrogen-bond acceptors (Lipinski definition) is 3. The first-order valence-corrected chi connectivity index (χ1v) is 5.76. The Balaban J connectivity index is 2.43. The summed E-state index contributed by atoms with van der Waals surface area (Å²) in [6, 6.07) is 9.33. The molecule has 0 saturated carbocycles. The van der Waals surface area contributed by atoms with Crippen LogP contribution in [0, 0.1) is 0 Å². The Morgan fingerprint density at radius 1 is 1.39 bits per heavy atom. The lowest BCUT2D eigenvalue weighted by molar-refractivity contribution is 0.0957. The lowest BCUT2D eigenvalue weighted by atomic mass is 10.1. The third-order valence-electron chi connectivity index (χ3n) is 2.72. The van der Waals surface area contributed by atoms with Crippen molar-refractivity contribution in [1.29, 1.82) is 0 Å². The number of hydrogen-bond donors (Lipinski definition) is 2. The highest BCUT2D eigenvalue weighted by molar-refractivity contribution is 5.91. The number of para-hydroxylation sites is 1. The van der Waals surface area contributed by atoms with Gasteiger partial charge in [0.1, 0.15) is 0 Å². The van der Waals surface area contributed by atoms with Gasteiger partial charge in [-0.1, -0.05) is 18.2 Å². The number of carbonyl (C=O) groups is 1. The third kappa shape index (κ3) is 2.26. The Morgan fingerprint density at radius 2 is 2.11 bits per heavy atom. The summed E-state index contributed by atoms with van der Waals surface area (Å²) in [6.07, 6.45) is 1.76. The maximum Gasteiger partial charge on any atom is 0.271 e. The SMILES string of the molecule is CNC(=O)c1ccn(-c2ccccc2[C@H](C)N)n1. The van der Waals surface area contributed by atoms with Crippen LogP contribution >= 0.6 is 0 Å². The Labute approximate surface area is 106 Å². The van der Waals surface area contributed by atoms with Crippen LogP contribution in [-0.4, -0.2) is 22.7 Å². The summed E-state index contributed by atoms with van der Waals surface area (Å²) in [5.41, 5.74) is 8.19. The van der Waals surface area contributed by atoms with E-state index < -0.39 is 0 Å². The van der Waals surface area contributed by atoms with Crippen molar-refractivity contribution >= 4 is 5.91 Å². The molecule has 0 aliphatic carbocycles. The zero-order valence-corrected chi connectivity index (χ0v) is 10.4. The zero-order valence-electron chi connectivity index (χ0n) is 10.4. The molecule has 1 amide bonds. The molecule has 1 atom stereocenters. The highest BCUT2D eigenvalue weighted by atomic mass is 16.1. The lowest BCUT2D eigenvalue weighted by Gasteiger charge is -2.12. The van der Waals surface area contributed by atoms with E-state index in [1.54, 1.807) is 24.0 Å². The van der Waals surface area contributed by atoms with Crippen molar-refractivity contribution in [3.05, 3.63) is 47.8 Å². The van der Waals surface area contributed by atoms with Crippen molar-refractivity contribution < 1.29 is 4.79 Å². The molecule has 0 unspecified atom stereocenters. The first-order chi connectivity index (χ1) is 8.63. The molecule has 5 heteroatoms. The molecule has 0 saturated heterocycles. The number of aromatic nitrogens is 2.